The Morgan fingerprint density at radius 3 is 2.53 bits per heavy atom. The van der Waals surface area contributed by atoms with Crippen LogP contribution in [-0.4, -0.2) is 22.2 Å². The Bertz CT molecular complexity index is 327. The number of aliphatic hydroxyl groups is 1. The van der Waals surface area contributed by atoms with E-state index in [0.29, 0.717) is 6.04 Å². The molecule has 96 valence electrons. The molecule has 0 aliphatic heterocycles. The molecule has 1 fully saturated rings. The Balaban J connectivity index is 0.000000171. The molecule has 1 aliphatic rings. The summed E-state index contributed by atoms with van der Waals surface area (Å²) in [6.07, 6.45) is 5.58. The summed E-state index contributed by atoms with van der Waals surface area (Å²) in [7, 11) is 0. The van der Waals surface area contributed by atoms with Gasteiger partial charge in [0.25, 0.3) is 0 Å². The van der Waals surface area contributed by atoms with Gasteiger partial charge in [0.1, 0.15) is 0 Å². The molecule has 1 heterocycles. The number of halogens is 1. The number of hydrogen-bond acceptors (Lipinski definition) is 3. The van der Waals surface area contributed by atoms with Gasteiger partial charge in [-0.15, -0.1) is 0 Å². The molecule has 0 bridgehead atoms. The third-order valence-electron chi connectivity index (χ3n) is 2.68. The van der Waals surface area contributed by atoms with Crippen molar-refractivity contribution in [2.75, 3.05) is 0 Å². The number of aliphatic hydroxyl groups excluding tert-OH is 1. The third kappa shape index (κ3) is 5.24. The van der Waals surface area contributed by atoms with Crippen molar-refractivity contribution < 1.29 is 9.50 Å². The predicted octanol–water partition coefficient (Wildman–Crippen LogP) is 2.25. The number of hydrogen-bond donors (Lipinski definition) is 2. The molecular formula is C13H21FN2O. The summed E-state index contributed by atoms with van der Waals surface area (Å²) in [5.74, 6) is -0.597. The zero-order valence-corrected chi connectivity index (χ0v) is 10.5. The molecule has 0 atom stereocenters. The van der Waals surface area contributed by atoms with E-state index in [9.17, 15) is 4.39 Å². The van der Waals surface area contributed by atoms with Crippen LogP contribution in [-0.2, 0) is 6.61 Å². The molecule has 0 aromatic carbocycles. The van der Waals surface area contributed by atoms with Gasteiger partial charge >= 0.3 is 0 Å². The maximum Gasteiger partial charge on any atom is 0.218 e. The molecule has 4 heteroatoms. The van der Waals surface area contributed by atoms with Crippen LogP contribution in [0.2, 0.25) is 0 Å². The fourth-order valence-electron chi connectivity index (χ4n) is 1.58. The van der Waals surface area contributed by atoms with E-state index in [1.807, 2.05) is 0 Å². The van der Waals surface area contributed by atoms with Gasteiger partial charge in [0.15, 0.2) is 0 Å². The van der Waals surface area contributed by atoms with E-state index in [4.69, 9.17) is 5.11 Å². The Kier molecular flexibility index (Phi) is 6.08. The summed E-state index contributed by atoms with van der Waals surface area (Å²) in [5.41, 5.74) is 0.234. The first-order chi connectivity index (χ1) is 8.13. The summed E-state index contributed by atoms with van der Waals surface area (Å²) < 4.78 is 12.3. The highest BCUT2D eigenvalue weighted by Gasteiger charge is 2.16. The van der Waals surface area contributed by atoms with E-state index in [2.05, 4.69) is 24.1 Å². The van der Waals surface area contributed by atoms with Gasteiger partial charge in [-0.05, 0) is 18.9 Å². The minimum Gasteiger partial charge on any atom is -0.392 e. The second-order valence-electron chi connectivity index (χ2n) is 4.56. The molecule has 0 radical (unpaired) electrons. The second-order valence-corrected chi connectivity index (χ2v) is 4.56. The SMILES string of the molecule is CC(C)NC1CCC1.OCc1cccnc1F. The molecular weight excluding hydrogens is 219 g/mol. The van der Waals surface area contributed by atoms with Crippen molar-refractivity contribution in [2.24, 2.45) is 0 Å². The molecule has 1 aliphatic carbocycles. The van der Waals surface area contributed by atoms with Crippen LogP contribution in [0.25, 0.3) is 0 Å². The van der Waals surface area contributed by atoms with Crippen LogP contribution in [0.3, 0.4) is 0 Å². The fraction of sp³-hybridized carbons (Fsp3) is 0.615. The van der Waals surface area contributed by atoms with Crippen molar-refractivity contribution in [1.82, 2.24) is 10.3 Å². The summed E-state index contributed by atoms with van der Waals surface area (Å²) >= 11 is 0. The second kappa shape index (κ2) is 7.35. The number of nitrogens with one attached hydrogen (secondary N) is 1. The number of rotatable bonds is 3. The lowest BCUT2D eigenvalue weighted by Crippen LogP contribution is -2.39. The Hall–Kier alpha value is -1.00. The van der Waals surface area contributed by atoms with Crippen LogP contribution in [0.5, 0.6) is 0 Å². The average Bonchev–Trinajstić information content (AvgIpc) is 2.25. The Morgan fingerprint density at radius 2 is 2.24 bits per heavy atom. The third-order valence-corrected chi connectivity index (χ3v) is 2.68. The van der Waals surface area contributed by atoms with E-state index in [1.54, 1.807) is 6.07 Å². The van der Waals surface area contributed by atoms with Crippen LogP contribution in [0, 0.1) is 5.95 Å². The van der Waals surface area contributed by atoms with Gasteiger partial charge in [0, 0.05) is 23.8 Å². The van der Waals surface area contributed by atoms with Crippen LogP contribution in [0.15, 0.2) is 18.3 Å². The minimum absolute atomic E-state index is 0.234. The summed E-state index contributed by atoms with van der Waals surface area (Å²) in [5, 5.41) is 11.9. The molecule has 2 rings (SSSR count). The van der Waals surface area contributed by atoms with Crippen LogP contribution in [0.1, 0.15) is 38.7 Å². The summed E-state index contributed by atoms with van der Waals surface area (Å²) in [4.78, 5) is 3.32. The monoisotopic (exact) mass is 240 g/mol. The Morgan fingerprint density at radius 1 is 1.53 bits per heavy atom. The molecule has 1 aromatic heterocycles. The van der Waals surface area contributed by atoms with Gasteiger partial charge in [-0.3, -0.25) is 0 Å². The Labute approximate surface area is 102 Å². The van der Waals surface area contributed by atoms with Crippen molar-refractivity contribution in [3.05, 3.63) is 29.8 Å². The minimum atomic E-state index is -0.597. The van der Waals surface area contributed by atoms with Crippen molar-refractivity contribution in [3.8, 4) is 0 Å². The average molecular weight is 240 g/mol. The van der Waals surface area contributed by atoms with E-state index in [-0.39, 0.29) is 12.2 Å². The van der Waals surface area contributed by atoms with Crippen molar-refractivity contribution in [2.45, 2.75) is 51.8 Å². The zero-order chi connectivity index (χ0) is 12.7. The molecule has 0 amide bonds. The molecule has 2 N–H and O–H groups in total. The summed E-state index contributed by atoms with van der Waals surface area (Å²) in [6.45, 7) is 4.12. The number of pyridine rings is 1. The van der Waals surface area contributed by atoms with Gasteiger partial charge in [-0.2, -0.15) is 4.39 Å². The largest absolute Gasteiger partial charge is 0.392 e. The topological polar surface area (TPSA) is 45.1 Å². The van der Waals surface area contributed by atoms with E-state index in [1.165, 1.54) is 31.5 Å². The van der Waals surface area contributed by atoms with E-state index in [0.717, 1.165) is 6.04 Å². The lowest BCUT2D eigenvalue weighted by atomic mass is 9.93. The molecule has 17 heavy (non-hydrogen) atoms. The first-order valence-electron chi connectivity index (χ1n) is 6.09. The van der Waals surface area contributed by atoms with Crippen molar-refractivity contribution in [3.63, 3.8) is 0 Å². The first-order valence-corrected chi connectivity index (χ1v) is 6.09. The molecule has 0 unspecified atom stereocenters. The van der Waals surface area contributed by atoms with Crippen molar-refractivity contribution >= 4 is 0 Å². The number of aromatic nitrogens is 1. The highest BCUT2D eigenvalue weighted by Crippen LogP contribution is 2.18. The predicted molar refractivity (Wildman–Crippen MR) is 66.0 cm³/mol. The van der Waals surface area contributed by atoms with Gasteiger partial charge in [-0.1, -0.05) is 26.3 Å². The standard InChI is InChI=1S/C7H15N.C6H6FNO/c1-6(2)8-7-4-3-5-7;7-6-5(4-9)2-1-3-8-6/h6-8H,3-5H2,1-2H3;1-3,9H,4H2. The number of nitrogens with zero attached hydrogens (tertiary/aromatic N) is 1. The normalized spacial score (nSPS) is 15.1. The summed E-state index contributed by atoms with van der Waals surface area (Å²) in [6, 6.07) is 4.60. The maximum atomic E-state index is 12.3. The molecule has 1 saturated carbocycles. The van der Waals surface area contributed by atoms with Gasteiger partial charge < -0.3 is 10.4 Å². The van der Waals surface area contributed by atoms with Gasteiger partial charge in [0.05, 0.1) is 6.61 Å². The van der Waals surface area contributed by atoms with Gasteiger partial charge in [0.2, 0.25) is 5.95 Å². The highest BCUT2D eigenvalue weighted by atomic mass is 19.1. The lowest BCUT2D eigenvalue weighted by Gasteiger charge is -2.28. The van der Waals surface area contributed by atoms with Crippen LogP contribution >= 0.6 is 0 Å². The van der Waals surface area contributed by atoms with Crippen LogP contribution in [0.4, 0.5) is 4.39 Å². The first kappa shape index (κ1) is 14.1. The molecule has 0 spiro atoms. The van der Waals surface area contributed by atoms with Gasteiger partial charge in [-0.25, -0.2) is 4.98 Å². The zero-order valence-electron chi connectivity index (χ0n) is 10.5. The smallest absolute Gasteiger partial charge is 0.218 e. The van der Waals surface area contributed by atoms with Crippen LogP contribution < -0.4 is 5.32 Å². The molecule has 0 saturated heterocycles. The molecule has 1 aromatic rings. The van der Waals surface area contributed by atoms with E-state index >= 15 is 0 Å². The van der Waals surface area contributed by atoms with Crippen molar-refractivity contribution in [1.29, 1.82) is 0 Å². The highest BCUT2D eigenvalue weighted by molar-refractivity contribution is 5.08. The quantitative estimate of drug-likeness (QED) is 0.796. The fourth-order valence-corrected chi connectivity index (χ4v) is 1.58. The maximum absolute atomic E-state index is 12.3. The molecule has 3 nitrogen and oxygen atoms in total. The van der Waals surface area contributed by atoms with E-state index < -0.39 is 5.95 Å². The lowest BCUT2D eigenvalue weighted by molar-refractivity contribution is 0.274.